The number of hydrogen-bond acceptors (Lipinski definition) is 4. The Morgan fingerprint density at radius 2 is 1.56 bits per heavy atom. The lowest BCUT2D eigenvalue weighted by atomic mass is 9.90. The van der Waals surface area contributed by atoms with E-state index in [4.69, 9.17) is 16.3 Å². The number of carbonyl (C=O) groups excluding carboxylic acids is 3. The molecule has 2 amide bonds. The molecule has 0 aliphatic carbocycles. The van der Waals surface area contributed by atoms with Gasteiger partial charge in [0.05, 0.1) is 18.2 Å². The van der Waals surface area contributed by atoms with Crippen LogP contribution < -0.4 is 0 Å². The van der Waals surface area contributed by atoms with Crippen molar-refractivity contribution in [2.24, 2.45) is 0 Å². The molecule has 0 radical (unpaired) electrons. The molecule has 1 aliphatic rings. The van der Waals surface area contributed by atoms with Crippen molar-refractivity contribution in [3.63, 3.8) is 0 Å². The molecule has 1 aliphatic heterocycles. The number of carbonyl (C=O) groups is 3. The van der Waals surface area contributed by atoms with Crippen molar-refractivity contribution in [3.05, 3.63) is 70.2 Å². The summed E-state index contributed by atoms with van der Waals surface area (Å²) in [7, 11) is 1.24. The molecule has 1 atom stereocenters. The van der Waals surface area contributed by atoms with Crippen LogP contribution in [0.15, 0.2) is 48.5 Å². The summed E-state index contributed by atoms with van der Waals surface area (Å²) in [5.74, 6) is -1.65. The van der Waals surface area contributed by atoms with Gasteiger partial charge in [-0.2, -0.15) is 0 Å². The van der Waals surface area contributed by atoms with E-state index in [2.05, 4.69) is 0 Å². The number of fused-ring (bicyclic) bond motifs is 1. The average Bonchev–Trinajstić information content (AvgIpc) is 2.88. The van der Waals surface area contributed by atoms with Gasteiger partial charge < -0.3 is 4.74 Å². The van der Waals surface area contributed by atoms with Crippen LogP contribution in [0.3, 0.4) is 0 Å². The van der Waals surface area contributed by atoms with Gasteiger partial charge in [0.1, 0.15) is 5.54 Å². The number of nitrogens with zero attached hydrogens (tertiary/aromatic N) is 1. The minimum absolute atomic E-state index is 0.127. The van der Waals surface area contributed by atoms with Gasteiger partial charge >= 0.3 is 5.97 Å². The molecular formula is C19H16ClNO4. The minimum Gasteiger partial charge on any atom is -0.467 e. The van der Waals surface area contributed by atoms with E-state index in [1.54, 1.807) is 48.5 Å². The molecule has 128 valence electrons. The summed E-state index contributed by atoms with van der Waals surface area (Å²) in [6, 6.07) is 13.4. The van der Waals surface area contributed by atoms with Crippen molar-refractivity contribution >= 4 is 29.4 Å². The van der Waals surface area contributed by atoms with E-state index in [1.165, 1.54) is 14.0 Å². The van der Waals surface area contributed by atoms with Crippen molar-refractivity contribution in [1.29, 1.82) is 0 Å². The number of benzene rings is 2. The van der Waals surface area contributed by atoms with E-state index in [1.807, 2.05) is 0 Å². The van der Waals surface area contributed by atoms with Crippen molar-refractivity contribution in [3.8, 4) is 0 Å². The normalized spacial score (nSPS) is 15.7. The van der Waals surface area contributed by atoms with E-state index in [0.29, 0.717) is 16.1 Å². The Hall–Kier alpha value is -2.66. The zero-order chi connectivity index (χ0) is 18.2. The number of hydrogen-bond donors (Lipinski definition) is 0. The summed E-state index contributed by atoms with van der Waals surface area (Å²) >= 11 is 5.90. The van der Waals surface area contributed by atoms with E-state index in [0.717, 1.165) is 10.5 Å². The van der Waals surface area contributed by atoms with Gasteiger partial charge in [-0.15, -0.1) is 0 Å². The van der Waals surface area contributed by atoms with Crippen LogP contribution in [-0.2, 0) is 16.0 Å². The average molecular weight is 358 g/mol. The SMILES string of the molecule is COC(=O)[C@](C)(Cc1ccc(Cl)cc1)N1C(=O)c2ccccc2C1=O. The van der Waals surface area contributed by atoms with Crippen LogP contribution in [0.5, 0.6) is 0 Å². The van der Waals surface area contributed by atoms with Crippen molar-refractivity contribution in [2.45, 2.75) is 18.9 Å². The van der Waals surface area contributed by atoms with Gasteiger partial charge in [0.15, 0.2) is 0 Å². The summed E-state index contributed by atoms with van der Waals surface area (Å²) < 4.78 is 4.91. The first kappa shape index (κ1) is 17.2. The summed E-state index contributed by atoms with van der Waals surface area (Å²) in [6.07, 6.45) is 0.127. The Morgan fingerprint density at radius 3 is 2.04 bits per heavy atom. The fourth-order valence-electron chi connectivity index (χ4n) is 3.10. The molecule has 1 heterocycles. The van der Waals surface area contributed by atoms with Crippen LogP contribution in [0, 0.1) is 0 Å². The molecule has 0 saturated carbocycles. The Bertz CT molecular complexity index is 827. The zero-order valence-electron chi connectivity index (χ0n) is 13.8. The number of rotatable bonds is 4. The van der Waals surface area contributed by atoms with Crippen molar-refractivity contribution < 1.29 is 19.1 Å². The van der Waals surface area contributed by atoms with E-state index in [-0.39, 0.29) is 6.42 Å². The van der Waals surface area contributed by atoms with Gasteiger partial charge in [-0.25, -0.2) is 4.79 Å². The standard InChI is InChI=1S/C19H16ClNO4/c1-19(18(24)25-2,11-12-7-9-13(20)10-8-12)21-16(22)14-5-3-4-6-15(14)17(21)23/h3-10H,11H2,1-2H3/t19-/m0/s1. The molecular weight excluding hydrogens is 342 g/mol. The second kappa shape index (κ2) is 6.33. The predicted molar refractivity (Wildman–Crippen MR) is 92.5 cm³/mol. The number of ether oxygens (including phenoxy) is 1. The quantitative estimate of drug-likeness (QED) is 0.623. The third kappa shape index (κ3) is 2.81. The molecule has 5 nitrogen and oxygen atoms in total. The molecule has 0 fully saturated rings. The molecule has 6 heteroatoms. The summed E-state index contributed by atoms with van der Waals surface area (Å²) in [5.41, 5.74) is -0.123. The second-order valence-electron chi connectivity index (χ2n) is 6.06. The molecule has 3 rings (SSSR count). The third-order valence-corrected chi connectivity index (χ3v) is 4.63. The Labute approximate surface area is 150 Å². The number of amides is 2. The molecule has 0 aromatic heterocycles. The lowest BCUT2D eigenvalue weighted by Gasteiger charge is -2.34. The van der Waals surface area contributed by atoms with E-state index < -0.39 is 23.3 Å². The first-order chi connectivity index (χ1) is 11.9. The largest absolute Gasteiger partial charge is 0.467 e. The fourth-order valence-corrected chi connectivity index (χ4v) is 3.23. The minimum atomic E-state index is -1.46. The maximum absolute atomic E-state index is 12.8. The third-order valence-electron chi connectivity index (χ3n) is 4.37. The van der Waals surface area contributed by atoms with Gasteiger partial charge in [0, 0.05) is 11.4 Å². The number of halogens is 1. The molecule has 0 unspecified atom stereocenters. The molecule has 0 saturated heterocycles. The molecule has 2 aromatic carbocycles. The summed E-state index contributed by atoms with van der Waals surface area (Å²) in [6.45, 7) is 1.54. The smallest absolute Gasteiger partial charge is 0.332 e. The van der Waals surface area contributed by atoms with E-state index >= 15 is 0 Å². The van der Waals surface area contributed by atoms with Crippen LogP contribution >= 0.6 is 11.6 Å². The Morgan fingerprint density at radius 1 is 1.04 bits per heavy atom. The highest BCUT2D eigenvalue weighted by atomic mass is 35.5. The fraction of sp³-hybridized carbons (Fsp3) is 0.211. The number of methoxy groups -OCH3 is 1. The monoisotopic (exact) mass is 357 g/mol. The number of esters is 1. The van der Waals surface area contributed by atoms with Crippen LogP contribution in [0.2, 0.25) is 5.02 Å². The number of imide groups is 1. The highest BCUT2D eigenvalue weighted by Crippen LogP contribution is 2.32. The van der Waals surface area contributed by atoms with Crippen LogP contribution in [-0.4, -0.2) is 35.3 Å². The first-order valence-electron chi connectivity index (χ1n) is 7.69. The molecule has 0 N–H and O–H groups in total. The van der Waals surface area contributed by atoms with Crippen molar-refractivity contribution in [2.75, 3.05) is 7.11 Å². The van der Waals surface area contributed by atoms with Crippen LogP contribution in [0.1, 0.15) is 33.2 Å². The van der Waals surface area contributed by atoms with Crippen molar-refractivity contribution in [1.82, 2.24) is 4.90 Å². The van der Waals surface area contributed by atoms with Gasteiger partial charge in [-0.1, -0.05) is 35.9 Å². The van der Waals surface area contributed by atoms with Crippen LogP contribution in [0.25, 0.3) is 0 Å². The van der Waals surface area contributed by atoms with Crippen LogP contribution in [0.4, 0.5) is 0 Å². The highest BCUT2D eigenvalue weighted by Gasteiger charge is 2.51. The van der Waals surface area contributed by atoms with E-state index in [9.17, 15) is 14.4 Å². The highest BCUT2D eigenvalue weighted by molar-refractivity contribution is 6.30. The molecule has 2 aromatic rings. The van der Waals surface area contributed by atoms with Gasteiger partial charge in [-0.05, 0) is 36.8 Å². The van der Waals surface area contributed by atoms with Gasteiger partial charge in [0.2, 0.25) is 0 Å². The Balaban J connectivity index is 2.05. The lowest BCUT2D eigenvalue weighted by Crippen LogP contribution is -2.57. The molecule has 0 spiro atoms. The molecule has 25 heavy (non-hydrogen) atoms. The summed E-state index contributed by atoms with van der Waals surface area (Å²) in [5, 5.41) is 0.559. The Kier molecular flexibility index (Phi) is 4.35. The zero-order valence-corrected chi connectivity index (χ0v) is 14.5. The van der Waals surface area contributed by atoms with Gasteiger partial charge in [-0.3, -0.25) is 14.5 Å². The van der Waals surface area contributed by atoms with Gasteiger partial charge in [0.25, 0.3) is 11.8 Å². The molecule has 0 bridgehead atoms. The predicted octanol–water partition coefficient (Wildman–Crippen LogP) is 3.11. The first-order valence-corrected chi connectivity index (χ1v) is 8.07. The topological polar surface area (TPSA) is 63.7 Å². The maximum atomic E-state index is 12.8. The lowest BCUT2D eigenvalue weighted by molar-refractivity contribution is -0.151. The second-order valence-corrected chi connectivity index (χ2v) is 6.50. The summed E-state index contributed by atoms with van der Waals surface area (Å²) in [4.78, 5) is 39.1. The maximum Gasteiger partial charge on any atom is 0.332 e.